The fourth-order valence-corrected chi connectivity index (χ4v) is 3.58. The molecule has 0 bridgehead atoms. The predicted molar refractivity (Wildman–Crippen MR) is 102 cm³/mol. The zero-order valence-corrected chi connectivity index (χ0v) is 15.7. The van der Waals surface area contributed by atoms with Crippen molar-refractivity contribution >= 4 is 44.2 Å². The molecule has 4 aromatic rings. The third kappa shape index (κ3) is 3.91. The van der Waals surface area contributed by atoms with Crippen molar-refractivity contribution in [3.05, 3.63) is 64.8 Å². The number of thiazole rings is 1. The van der Waals surface area contributed by atoms with E-state index in [-0.39, 0.29) is 12.5 Å². The van der Waals surface area contributed by atoms with E-state index in [0.717, 1.165) is 10.2 Å². The molecule has 1 N–H and O–H groups in total. The summed E-state index contributed by atoms with van der Waals surface area (Å²) in [4.78, 5) is 21.2. The Bertz CT molecular complexity index is 1120. The molecule has 9 heteroatoms. The molecule has 2 aromatic carbocycles. The lowest BCUT2D eigenvalue weighted by atomic mass is 10.2. The first kappa shape index (κ1) is 17.4. The first-order valence-electron chi connectivity index (χ1n) is 7.97. The number of fused-ring (bicyclic) bond motifs is 1. The summed E-state index contributed by atoms with van der Waals surface area (Å²) in [6.07, 6.45) is 0. The SMILES string of the molecule is Cc1nc(COc2ccccc2C(=O)Nc2nc3ccc(Cl)cc3s2)no1. The second-order valence-corrected chi connectivity index (χ2v) is 7.07. The van der Waals surface area contributed by atoms with Crippen LogP contribution >= 0.6 is 22.9 Å². The van der Waals surface area contributed by atoms with Crippen LogP contribution in [0.1, 0.15) is 22.1 Å². The van der Waals surface area contributed by atoms with Gasteiger partial charge in [0.1, 0.15) is 5.75 Å². The summed E-state index contributed by atoms with van der Waals surface area (Å²) in [6.45, 7) is 1.80. The van der Waals surface area contributed by atoms with Gasteiger partial charge in [0.15, 0.2) is 11.7 Å². The summed E-state index contributed by atoms with van der Waals surface area (Å²) >= 11 is 7.35. The second-order valence-electron chi connectivity index (χ2n) is 5.60. The van der Waals surface area contributed by atoms with E-state index in [2.05, 4.69) is 20.4 Å². The number of nitrogens with zero attached hydrogens (tertiary/aromatic N) is 3. The summed E-state index contributed by atoms with van der Waals surface area (Å²) in [7, 11) is 0. The lowest BCUT2D eigenvalue weighted by Gasteiger charge is -2.09. The number of carbonyl (C=O) groups is 1. The summed E-state index contributed by atoms with van der Waals surface area (Å²) in [5.41, 5.74) is 1.16. The van der Waals surface area contributed by atoms with Crippen LogP contribution in [-0.2, 0) is 6.61 Å². The van der Waals surface area contributed by atoms with Gasteiger partial charge in [-0.05, 0) is 30.3 Å². The highest BCUT2D eigenvalue weighted by Crippen LogP contribution is 2.29. The Morgan fingerprint density at radius 1 is 1.26 bits per heavy atom. The number of rotatable bonds is 5. The minimum absolute atomic E-state index is 0.0985. The molecule has 0 unspecified atom stereocenters. The maximum absolute atomic E-state index is 12.7. The van der Waals surface area contributed by atoms with E-state index >= 15 is 0 Å². The summed E-state index contributed by atoms with van der Waals surface area (Å²) in [6, 6.07) is 12.3. The summed E-state index contributed by atoms with van der Waals surface area (Å²) in [5, 5.41) is 7.69. The molecule has 1 amide bonds. The van der Waals surface area contributed by atoms with Gasteiger partial charge >= 0.3 is 0 Å². The van der Waals surface area contributed by atoms with Gasteiger partial charge in [-0.25, -0.2) is 4.98 Å². The van der Waals surface area contributed by atoms with Crippen molar-refractivity contribution in [3.8, 4) is 5.75 Å². The molecule has 0 aliphatic rings. The molecule has 2 heterocycles. The van der Waals surface area contributed by atoms with Crippen LogP contribution in [-0.4, -0.2) is 21.0 Å². The number of hydrogen-bond acceptors (Lipinski definition) is 7. The Labute approximate surface area is 162 Å². The molecule has 2 aromatic heterocycles. The molecule has 0 radical (unpaired) electrons. The number of anilines is 1. The molecule has 0 saturated heterocycles. The van der Waals surface area contributed by atoms with Gasteiger partial charge in [-0.1, -0.05) is 40.2 Å². The topological polar surface area (TPSA) is 90.1 Å². The normalized spacial score (nSPS) is 10.9. The van der Waals surface area contributed by atoms with Gasteiger partial charge in [0.2, 0.25) is 11.7 Å². The predicted octanol–water partition coefficient (Wildman–Crippen LogP) is 4.47. The average Bonchev–Trinajstić information content (AvgIpc) is 3.25. The Kier molecular flexibility index (Phi) is 4.74. The standard InChI is InChI=1S/C18H13ClN4O3S/c1-10-20-16(23-26-10)9-25-14-5-3-2-4-12(14)17(24)22-18-21-13-7-6-11(19)8-15(13)27-18/h2-8H,9H2,1H3,(H,21,22,24). The molecule has 0 saturated carbocycles. The summed E-state index contributed by atoms with van der Waals surface area (Å²) in [5.74, 6) is 0.961. The number of aromatic nitrogens is 3. The molecule has 27 heavy (non-hydrogen) atoms. The molecule has 7 nitrogen and oxygen atoms in total. The number of benzene rings is 2. The lowest BCUT2D eigenvalue weighted by molar-refractivity contribution is 0.102. The van der Waals surface area contributed by atoms with E-state index in [0.29, 0.717) is 33.2 Å². The van der Waals surface area contributed by atoms with E-state index in [1.54, 1.807) is 37.3 Å². The van der Waals surface area contributed by atoms with Crippen LogP contribution in [0.25, 0.3) is 10.2 Å². The zero-order chi connectivity index (χ0) is 18.8. The second kappa shape index (κ2) is 7.34. The first-order chi connectivity index (χ1) is 13.1. The highest BCUT2D eigenvalue weighted by molar-refractivity contribution is 7.22. The van der Waals surface area contributed by atoms with Crippen molar-refractivity contribution in [2.45, 2.75) is 13.5 Å². The number of aryl methyl sites for hydroxylation is 1. The average molecular weight is 401 g/mol. The Morgan fingerprint density at radius 3 is 2.93 bits per heavy atom. The van der Waals surface area contributed by atoms with Gasteiger partial charge in [-0.2, -0.15) is 4.98 Å². The number of amides is 1. The van der Waals surface area contributed by atoms with Crippen molar-refractivity contribution < 1.29 is 14.1 Å². The van der Waals surface area contributed by atoms with Crippen LogP contribution in [0.3, 0.4) is 0 Å². The highest BCUT2D eigenvalue weighted by atomic mass is 35.5. The zero-order valence-electron chi connectivity index (χ0n) is 14.1. The molecule has 0 aliphatic heterocycles. The van der Waals surface area contributed by atoms with Gasteiger partial charge < -0.3 is 9.26 Å². The lowest BCUT2D eigenvalue weighted by Crippen LogP contribution is -2.13. The number of halogens is 1. The van der Waals surface area contributed by atoms with E-state index < -0.39 is 0 Å². The van der Waals surface area contributed by atoms with Crippen molar-refractivity contribution in [3.63, 3.8) is 0 Å². The van der Waals surface area contributed by atoms with Gasteiger partial charge in [0.25, 0.3) is 5.91 Å². The van der Waals surface area contributed by atoms with Crippen molar-refractivity contribution in [1.29, 1.82) is 0 Å². The quantitative estimate of drug-likeness (QED) is 0.531. The van der Waals surface area contributed by atoms with Crippen molar-refractivity contribution in [1.82, 2.24) is 15.1 Å². The largest absolute Gasteiger partial charge is 0.485 e. The number of carbonyl (C=O) groups excluding carboxylic acids is 1. The van der Waals surface area contributed by atoms with Crippen LogP contribution in [0.2, 0.25) is 5.02 Å². The Morgan fingerprint density at radius 2 is 2.11 bits per heavy atom. The van der Waals surface area contributed by atoms with Crippen molar-refractivity contribution in [2.75, 3.05) is 5.32 Å². The first-order valence-corrected chi connectivity index (χ1v) is 9.16. The molecule has 4 rings (SSSR count). The fourth-order valence-electron chi connectivity index (χ4n) is 2.44. The van der Waals surface area contributed by atoms with Crippen LogP contribution < -0.4 is 10.1 Å². The Hall–Kier alpha value is -2.97. The number of ether oxygens (including phenoxy) is 1. The van der Waals surface area contributed by atoms with Gasteiger partial charge in [-0.15, -0.1) is 0 Å². The third-order valence-electron chi connectivity index (χ3n) is 3.63. The number of para-hydroxylation sites is 1. The minimum atomic E-state index is -0.319. The smallest absolute Gasteiger partial charge is 0.261 e. The van der Waals surface area contributed by atoms with E-state index in [4.69, 9.17) is 20.9 Å². The molecular formula is C18H13ClN4O3S. The van der Waals surface area contributed by atoms with E-state index in [1.165, 1.54) is 11.3 Å². The minimum Gasteiger partial charge on any atom is -0.485 e. The monoisotopic (exact) mass is 400 g/mol. The van der Waals surface area contributed by atoms with Gasteiger partial charge in [0.05, 0.1) is 15.8 Å². The third-order valence-corrected chi connectivity index (χ3v) is 4.80. The van der Waals surface area contributed by atoms with Crippen LogP contribution in [0.5, 0.6) is 5.75 Å². The molecule has 0 aliphatic carbocycles. The van der Waals surface area contributed by atoms with Crippen LogP contribution in [0.15, 0.2) is 47.0 Å². The highest BCUT2D eigenvalue weighted by Gasteiger charge is 2.15. The van der Waals surface area contributed by atoms with Gasteiger partial charge in [-0.3, -0.25) is 10.1 Å². The molecule has 0 atom stereocenters. The van der Waals surface area contributed by atoms with Crippen molar-refractivity contribution in [2.24, 2.45) is 0 Å². The fraction of sp³-hybridized carbons (Fsp3) is 0.111. The maximum atomic E-state index is 12.7. The Balaban J connectivity index is 1.52. The van der Waals surface area contributed by atoms with E-state index in [1.807, 2.05) is 12.1 Å². The molecular weight excluding hydrogens is 388 g/mol. The maximum Gasteiger partial charge on any atom is 0.261 e. The van der Waals surface area contributed by atoms with Gasteiger partial charge in [0, 0.05) is 11.9 Å². The summed E-state index contributed by atoms with van der Waals surface area (Å²) < 4.78 is 11.5. The number of nitrogens with one attached hydrogen (secondary N) is 1. The molecule has 0 fully saturated rings. The molecule has 0 spiro atoms. The van der Waals surface area contributed by atoms with Crippen LogP contribution in [0.4, 0.5) is 5.13 Å². The molecule has 136 valence electrons. The van der Waals surface area contributed by atoms with E-state index in [9.17, 15) is 4.79 Å². The van der Waals surface area contributed by atoms with Crippen LogP contribution in [0, 0.1) is 6.92 Å². The number of hydrogen-bond donors (Lipinski definition) is 1.